The van der Waals surface area contributed by atoms with Crippen LogP contribution in [0, 0.1) is 10.1 Å². The summed E-state index contributed by atoms with van der Waals surface area (Å²) in [7, 11) is 0. The molecule has 0 fully saturated rings. The maximum atomic E-state index is 12.0. The SMILES string of the molecule is CCCC(CC)NC(=O)c1ccc([N+](=O)[O-])c(N)c1. The molecule has 1 aromatic rings. The molecular weight excluding hydrogens is 246 g/mol. The van der Waals surface area contributed by atoms with E-state index in [0.717, 1.165) is 19.3 Å². The van der Waals surface area contributed by atoms with Crippen LogP contribution in [0.2, 0.25) is 0 Å². The first-order chi connectivity index (χ1) is 8.99. The highest BCUT2D eigenvalue weighted by atomic mass is 16.6. The summed E-state index contributed by atoms with van der Waals surface area (Å²) in [5.74, 6) is -0.248. The van der Waals surface area contributed by atoms with Crippen LogP contribution < -0.4 is 11.1 Å². The summed E-state index contributed by atoms with van der Waals surface area (Å²) < 4.78 is 0. The molecule has 1 atom stereocenters. The Morgan fingerprint density at radius 3 is 2.63 bits per heavy atom. The number of nitrogens with two attached hydrogens (primary N) is 1. The Morgan fingerprint density at radius 1 is 1.47 bits per heavy atom. The summed E-state index contributed by atoms with van der Waals surface area (Å²) in [5.41, 5.74) is 5.72. The molecule has 0 radical (unpaired) electrons. The fourth-order valence-electron chi connectivity index (χ4n) is 1.86. The van der Waals surface area contributed by atoms with Gasteiger partial charge in [-0.1, -0.05) is 20.3 Å². The van der Waals surface area contributed by atoms with Crippen LogP contribution in [0.3, 0.4) is 0 Å². The van der Waals surface area contributed by atoms with Crippen LogP contribution in [0.15, 0.2) is 18.2 Å². The summed E-state index contributed by atoms with van der Waals surface area (Å²) in [6.07, 6.45) is 2.74. The lowest BCUT2D eigenvalue weighted by Gasteiger charge is -2.16. The summed E-state index contributed by atoms with van der Waals surface area (Å²) >= 11 is 0. The molecular formula is C13H19N3O3. The Morgan fingerprint density at radius 2 is 2.16 bits per heavy atom. The third-order valence-corrected chi connectivity index (χ3v) is 2.95. The van der Waals surface area contributed by atoms with E-state index in [1.54, 1.807) is 0 Å². The second-order valence-electron chi connectivity index (χ2n) is 4.40. The van der Waals surface area contributed by atoms with Crippen molar-refractivity contribution in [3.8, 4) is 0 Å². The Kier molecular flexibility index (Phi) is 5.29. The number of benzene rings is 1. The van der Waals surface area contributed by atoms with Crippen molar-refractivity contribution in [3.05, 3.63) is 33.9 Å². The van der Waals surface area contributed by atoms with Gasteiger partial charge in [-0.3, -0.25) is 14.9 Å². The topological polar surface area (TPSA) is 98.3 Å². The second kappa shape index (κ2) is 6.72. The molecule has 0 spiro atoms. The van der Waals surface area contributed by atoms with E-state index in [1.165, 1.54) is 18.2 Å². The van der Waals surface area contributed by atoms with Gasteiger partial charge in [0.2, 0.25) is 0 Å². The molecule has 0 saturated carbocycles. The largest absolute Gasteiger partial charge is 0.393 e. The van der Waals surface area contributed by atoms with Crippen LogP contribution in [-0.2, 0) is 0 Å². The smallest absolute Gasteiger partial charge is 0.292 e. The van der Waals surface area contributed by atoms with Crippen LogP contribution in [0.4, 0.5) is 11.4 Å². The van der Waals surface area contributed by atoms with Gasteiger partial charge in [0.25, 0.3) is 11.6 Å². The molecule has 1 aromatic carbocycles. The third kappa shape index (κ3) is 3.94. The molecule has 0 saturated heterocycles. The standard InChI is InChI=1S/C13H19N3O3/c1-3-5-10(4-2)15-13(17)9-6-7-12(16(18)19)11(14)8-9/h6-8,10H,3-5,14H2,1-2H3,(H,15,17). The fraction of sp³-hybridized carbons (Fsp3) is 0.462. The molecule has 1 rings (SSSR count). The maximum Gasteiger partial charge on any atom is 0.292 e. The van der Waals surface area contributed by atoms with Gasteiger partial charge in [-0.15, -0.1) is 0 Å². The van der Waals surface area contributed by atoms with Crippen LogP contribution >= 0.6 is 0 Å². The quantitative estimate of drug-likeness (QED) is 0.469. The molecule has 104 valence electrons. The Bertz CT molecular complexity index is 474. The average molecular weight is 265 g/mol. The number of amides is 1. The lowest BCUT2D eigenvalue weighted by molar-refractivity contribution is -0.383. The summed E-state index contributed by atoms with van der Waals surface area (Å²) in [6, 6.07) is 4.13. The van der Waals surface area contributed by atoms with Crippen LogP contribution in [0.1, 0.15) is 43.5 Å². The summed E-state index contributed by atoms with van der Waals surface area (Å²) in [5, 5.41) is 13.5. The Labute approximate surface area is 112 Å². The highest BCUT2D eigenvalue weighted by molar-refractivity contribution is 5.95. The van der Waals surface area contributed by atoms with Crippen molar-refractivity contribution < 1.29 is 9.72 Å². The van der Waals surface area contributed by atoms with Crippen molar-refractivity contribution in [3.63, 3.8) is 0 Å². The fourth-order valence-corrected chi connectivity index (χ4v) is 1.86. The number of hydrogen-bond donors (Lipinski definition) is 2. The number of rotatable bonds is 6. The molecule has 0 aliphatic heterocycles. The second-order valence-corrected chi connectivity index (χ2v) is 4.40. The van der Waals surface area contributed by atoms with Crippen molar-refractivity contribution in [2.75, 3.05) is 5.73 Å². The molecule has 1 unspecified atom stereocenters. The molecule has 0 bridgehead atoms. The van der Waals surface area contributed by atoms with Crippen molar-refractivity contribution in [2.24, 2.45) is 0 Å². The molecule has 0 aliphatic rings. The van der Waals surface area contributed by atoms with E-state index in [1.807, 2.05) is 6.92 Å². The van der Waals surface area contributed by atoms with E-state index < -0.39 is 4.92 Å². The van der Waals surface area contributed by atoms with Crippen LogP contribution in [0.25, 0.3) is 0 Å². The van der Waals surface area contributed by atoms with Gasteiger partial charge in [-0.2, -0.15) is 0 Å². The maximum absolute atomic E-state index is 12.0. The lowest BCUT2D eigenvalue weighted by Crippen LogP contribution is -2.34. The molecule has 0 aliphatic carbocycles. The zero-order chi connectivity index (χ0) is 14.4. The first-order valence-electron chi connectivity index (χ1n) is 6.34. The number of nitro groups is 1. The summed E-state index contributed by atoms with van der Waals surface area (Å²) in [6.45, 7) is 4.06. The van der Waals surface area contributed by atoms with E-state index >= 15 is 0 Å². The molecule has 6 nitrogen and oxygen atoms in total. The highest BCUT2D eigenvalue weighted by Gasteiger charge is 2.16. The predicted octanol–water partition coefficient (Wildman–Crippen LogP) is 2.49. The monoisotopic (exact) mass is 265 g/mol. The van der Waals surface area contributed by atoms with Gasteiger partial charge >= 0.3 is 0 Å². The predicted molar refractivity (Wildman–Crippen MR) is 74.0 cm³/mol. The Hall–Kier alpha value is -2.11. The molecule has 6 heteroatoms. The van der Waals surface area contributed by atoms with Gasteiger partial charge in [0, 0.05) is 17.7 Å². The van der Waals surface area contributed by atoms with E-state index in [2.05, 4.69) is 12.2 Å². The zero-order valence-corrected chi connectivity index (χ0v) is 11.2. The number of carbonyl (C=O) groups excluding carboxylic acids is 1. The van der Waals surface area contributed by atoms with Crippen molar-refractivity contribution in [1.29, 1.82) is 0 Å². The number of nitrogens with one attached hydrogen (secondary N) is 1. The van der Waals surface area contributed by atoms with Gasteiger partial charge in [0.05, 0.1) is 4.92 Å². The molecule has 0 heterocycles. The van der Waals surface area contributed by atoms with Gasteiger partial charge in [-0.25, -0.2) is 0 Å². The van der Waals surface area contributed by atoms with E-state index in [4.69, 9.17) is 5.73 Å². The van der Waals surface area contributed by atoms with Gasteiger partial charge in [0.15, 0.2) is 0 Å². The number of nitrogen functional groups attached to an aromatic ring is 1. The lowest BCUT2D eigenvalue weighted by atomic mass is 10.1. The zero-order valence-electron chi connectivity index (χ0n) is 11.2. The number of nitrogens with zero attached hydrogens (tertiary/aromatic N) is 1. The normalized spacial score (nSPS) is 11.9. The first kappa shape index (κ1) is 14.9. The number of anilines is 1. The summed E-state index contributed by atoms with van der Waals surface area (Å²) in [4.78, 5) is 22.1. The highest BCUT2D eigenvalue weighted by Crippen LogP contribution is 2.22. The average Bonchev–Trinajstić information content (AvgIpc) is 2.37. The third-order valence-electron chi connectivity index (χ3n) is 2.95. The Balaban J connectivity index is 2.83. The molecule has 3 N–H and O–H groups in total. The van der Waals surface area contributed by atoms with E-state index in [9.17, 15) is 14.9 Å². The van der Waals surface area contributed by atoms with Crippen LogP contribution in [-0.4, -0.2) is 16.9 Å². The number of hydrogen-bond acceptors (Lipinski definition) is 4. The number of nitro benzene ring substituents is 1. The van der Waals surface area contributed by atoms with Gasteiger partial charge in [-0.05, 0) is 25.0 Å². The molecule has 1 amide bonds. The van der Waals surface area contributed by atoms with Crippen molar-refractivity contribution in [1.82, 2.24) is 5.32 Å². The molecule has 19 heavy (non-hydrogen) atoms. The van der Waals surface area contributed by atoms with Crippen molar-refractivity contribution >= 4 is 17.3 Å². The number of carbonyl (C=O) groups is 1. The van der Waals surface area contributed by atoms with E-state index in [-0.39, 0.29) is 23.3 Å². The van der Waals surface area contributed by atoms with E-state index in [0.29, 0.717) is 5.56 Å². The van der Waals surface area contributed by atoms with Crippen LogP contribution in [0.5, 0.6) is 0 Å². The van der Waals surface area contributed by atoms with Gasteiger partial charge < -0.3 is 11.1 Å². The first-order valence-corrected chi connectivity index (χ1v) is 6.34. The minimum absolute atomic E-state index is 0.00110. The van der Waals surface area contributed by atoms with Gasteiger partial charge in [0.1, 0.15) is 5.69 Å². The molecule has 0 aromatic heterocycles. The van der Waals surface area contributed by atoms with Crippen molar-refractivity contribution in [2.45, 2.75) is 39.2 Å². The minimum Gasteiger partial charge on any atom is -0.393 e. The minimum atomic E-state index is -0.567.